The van der Waals surface area contributed by atoms with Crippen molar-refractivity contribution in [3.8, 4) is 22.6 Å². The van der Waals surface area contributed by atoms with Crippen LogP contribution in [0.3, 0.4) is 0 Å². The summed E-state index contributed by atoms with van der Waals surface area (Å²) in [6.45, 7) is 1.47. The number of carbonyl (C=O) groups excluding carboxylic acids is 2. The lowest BCUT2D eigenvalue weighted by atomic mass is 9.85. The molecule has 1 aromatic carbocycles. The number of nitrogens with zero attached hydrogens (tertiary/aromatic N) is 1. The summed E-state index contributed by atoms with van der Waals surface area (Å²) in [4.78, 5) is 28.1. The van der Waals surface area contributed by atoms with E-state index in [1.807, 2.05) is 0 Å². The molecular formula is C22H26FN3O4. The molecule has 0 saturated heterocycles. The molecule has 2 amide bonds. The van der Waals surface area contributed by atoms with Crippen LogP contribution in [0.4, 0.5) is 10.2 Å². The standard InChI is InChI=1S/C22H26FN3O4/c1-13(27)25-15-6-4-5-14(9-15)22(28)26-21-11-18(19(23)12-24-21)17-8-7-16(29-2)10-20(17)30-3/h7-8,10-12,14-15H,4-6,9H2,1-3H3,(H,25,27)(H,24,26,28)/t14-,15+/m0/s1. The predicted molar refractivity (Wildman–Crippen MR) is 111 cm³/mol. The summed E-state index contributed by atoms with van der Waals surface area (Å²) in [7, 11) is 3.03. The lowest BCUT2D eigenvalue weighted by Crippen LogP contribution is -2.40. The Kier molecular flexibility index (Phi) is 6.87. The van der Waals surface area contributed by atoms with E-state index in [0.29, 0.717) is 23.5 Å². The first-order valence-corrected chi connectivity index (χ1v) is 9.87. The van der Waals surface area contributed by atoms with Crippen LogP contribution in [0.15, 0.2) is 30.5 Å². The zero-order valence-electron chi connectivity index (χ0n) is 17.3. The summed E-state index contributed by atoms with van der Waals surface area (Å²) in [5.41, 5.74) is 0.789. The average molecular weight is 415 g/mol. The molecule has 0 unspecified atom stereocenters. The molecule has 3 rings (SSSR count). The van der Waals surface area contributed by atoms with Crippen molar-refractivity contribution in [3.63, 3.8) is 0 Å². The molecule has 1 heterocycles. The van der Waals surface area contributed by atoms with Gasteiger partial charge in [-0.2, -0.15) is 0 Å². The summed E-state index contributed by atoms with van der Waals surface area (Å²) in [5, 5.41) is 5.67. The van der Waals surface area contributed by atoms with Gasteiger partial charge in [-0.25, -0.2) is 9.37 Å². The Morgan fingerprint density at radius 2 is 1.93 bits per heavy atom. The Labute approximate surface area is 175 Å². The SMILES string of the molecule is COc1ccc(-c2cc(NC(=O)[C@H]3CCC[C@@H](NC(C)=O)C3)ncc2F)c(OC)c1. The van der Waals surface area contributed by atoms with E-state index in [0.717, 1.165) is 25.5 Å². The quantitative estimate of drug-likeness (QED) is 0.753. The Bertz CT molecular complexity index is 935. The molecule has 1 saturated carbocycles. The van der Waals surface area contributed by atoms with Gasteiger partial charge in [-0.3, -0.25) is 9.59 Å². The van der Waals surface area contributed by atoms with E-state index < -0.39 is 5.82 Å². The van der Waals surface area contributed by atoms with Gasteiger partial charge in [-0.05, 0) is 37.5 Å². The molecule has 0 aliphatic heterocycles. The number of carbonyl (C=O) groups is 2. The van der Waals surface area contributed by atoms with Crippen LogP contribution in [0, 0.1) is 11.7 Å². The normalized spacial score (nSPS) is 18.4. The smallest absolute Gasteiger partial charge is 0.228 e. The van der Waals surface area contributed by atoms with Gasteiger partial charge in [0, 0.05) is 36.1 Å². The molecule has 8 heteroatoms. The Morgan fingerprint density at radius 1 is 1.13 bits per heavy atom. The molecule has 160 valence electrons. The lowest BCUT2D eigenvalue weighted by Gasteiger charge is -2.28. The number of benzene rings is 1. The minimum absolute atomic E-state index is 0.00713. The fourth-order valence-corrected chi connectivity index (χ4v) is 3.81. The van der Waals surface area contributed by atoms with E-state index in [2.05, 4.69) is 15.6 Å². The second-order valence-corrected chi connectivity index (χ2v) is 7.37. The van der Waals surface area contributed by atoms with E-state index in [4.69, 9.17) is 9.47 Å². The predicted octanol–water partition coefficient (Wildman–Crippen LogP) is 3.54. The molecule has 0 bridgehead atoms. The largest absolute Gasteiger partial charge is 0.497 e. The number of nitrogens with one attached hydrogen (secondary N) is 2. The molecule has 0 spiro atoms. The number of halogens is 1. The highest BCUT2D eigenvalue weighted by Crippen LogP contribution is 2.35. The van der Waals surface area contributed by atoms with Crippen molar-refractivity contribution in [2.24, 2.45) is 5.92 Å². The van der Waals surface area contributed by atoms with Gasteiger partial charge in [-0.15, -0.1) is 0 Å². The van der Waals surface area contributed by atoms with Crippen molar-refractivity contribution in [1.29, 1.82) is 0 Å². The minimum atomic E-state index is -0.528. The van der Waals surface area contributed by atoms with Gasteiger partial charge in [0.1, 0.15) is 23.1 Å². The third-order valence-corrected chi connectivity index (χ3v) is 5.26. The summed E-state index contributed by atoms with van der Waals surface area (Å²) in [6, 6.07) is 6.55. The molecular weight excluding hydrogens is 389 g/mol. The molecule has 1 aliphatic carbocycles. The van der Waals surface area contributed by atoms with Crippen molar-refractivity contribution < 1.29 is 23.5 Å². The van der Waals surface area contributed by atoms with Crippen molar-refractivity contribution >= 4 is 17.6 Å². The number of ether oxygens (including phenoxy) is 2. The van der Waals surface area contributed by atoms with Crippen LogP contribution in [-0.4, -0.2) is 37.1 Å². The van der Waals surface area contributed by atoms with E-state index in [1.165, 1.54) is 27.2 Å². The molecule has 2 aromatic rings. The Hall–Kier alpha value is -3.16. The number of aromatic nitrogens is 1. The van der Waals surface area contributed by atoms with Gasteiger partial charge in [0.15, 0.2) is 0 Å². The van der Waals surface area contributed by atoms with Gasteiger partial charge in [0.05, 0.1) is 20.4 Å². The fourth-order valence-electron chi connectivity index (χ4n) is 3.81. The highest BCUT2D eigenvalue weighted by Gasteiger charge is 2.28. The Balaban J connectivity index is 1.79. The van der Waals surface area contributed by atoms with Gasteiger partial charge in [-0.1, -0.05) is 6.42 Å². The first kappa shape index (κ1) is 21.5. The maximum Gasteiger partial charge on any atom is 0.228 e. The van der Waals surface area contributed by atoms with Crippen LogP contribution in [0.25, 0.3) is 11.1 Å². The van der Waals surface area contributed by atoms with E-state index in [1.54, 1.807) is 18.2 Å². The number of anilines is 1. The van der Waals surface area contributed by atoms with Gasteiger partial charge >= 0.3 is 0 Å². The number of methoxy groups -OCH3 is 2. The van der Waals surface area contributed by atoms with Crippen molar-refractivity contribution in [1.82, 2.24) is 10.3 Å². The van der Waals surface area contributed by atoms with E-state index in [9.17, 15) is 14.0 Å². The molecule has 7 nitrogen and oxygen atoms in total. The molecule has 30 heavy (non-hydrogen) atoms. The molecule has 1 fully saturated rings. The van der Waals surface area contributed by atoms with Gasteiger partial charge in [0.25, 0.3) is 0 Å². The number of hydrogen-bond acceptors (Lipinski definition) is 5. The first-order valence-electron chi connectivity index (χ1n) is 9.87. The molecule has 1 aromatic heterocycles. The summed E-state index contributed by atoms with van der Waals surface area (Å²) in [6.07, 6.45) is 4.11. The second kappa shape index (κ2) is 9.56. The molecule has 1 aliphatic rings. The topological polar surface area (TPSA) is 89.6 Å². The van der Waals surface area contributed by atoms with Crippen LogP contribution in [0.1, 0.15) is 32.6 Å². The zero-order chi connectivity index (χ0) is 21.7. The average Bonchev–Trinajstić information content (AvgIpc) is 2.74. The summed E-state index contributed by atoms with van der Waals surface area (Å²) in [5.74, 6) is 0.250. The maximum absolute atomic E-state index is 14.5. The highest BCUT2D eigenvalue weighted by atomic mass is 19.1. The van der Waals surface area contributed by atoms with Crippen molar-refractivity contribution in [2.45, 2.75) is 38.6 Å². The monoisotopic (exact) mass is 415 g/mol. The number of hydrogen-bond donors (Lipinski definition) is 2. The van der Waals surface area contributed by atoms with Gasteiger partial charge < -0.3 is 20.1 Å². The Morgan fingerprint density at radius 3 is 2.63 bits per heavy atom. The van der Waals surface area contributed by atoms with Crippen LogP contribution >= 0.6 is 0 Å². The highest BCUT2D eigenvalue weighted by molar-refractivity contribution is 5.92. The van der Waals surface area contributed by atoms with E-state index >= 15 is 0 Å². The van der Waals surface area contributed by atoms with Crippen LogP contribution < -0.4 is 20.1 Å². The first-order chi connectivity index (χ1) is 14.4. The summed E-state index contributed by atoms with van der Waals surface area (Å²) >= 11 is 0. The fraction of sp³-hybridized carbons (Fsp3) is 0.409. The molecule has 2 N–H and O–H groups in total. The third-order valence-electron chi connectivity index (χ3n) is 5.26. The van der Waals surface area contributed by atoms with Crippen molar-refractivity contribution in [3.05, 3.63) is 36.3 Å². The van der Waals surface area contributed by atoms with Crippen molar-refractivity contribution in [2.75, 3.05) is 19.5 Å². The molecule has 2 atom stereocenters. The van der Waals surface area contributed by atoms with Crippen LogP contribution in [0.5, 0.6) is 11.5 Å². The number of pyridine rings is 1. The number of rotatable bonds is 6. The van der Waals surface area contributed by atoms with Crippen LogP contribution in [-0.2, 0) is 9.59 Å². The third kappa shape index (κ3) is 5.06. The second-order valence-electron chi connectivity index (χ2n) is 7.37. The molecule has 0 radical (unpaired) electrons. The van der Waals surface area contributed by atoms with Gasteiger partial charge in [0.2, 0.25) is 11.8 Å². The zero-order valence-corrected chi connectivity index (χ0v) is 17.3. The summed E-state index contributed by atoms with van der Waals surface area (Å²) < 4.78 is 25.1. The van der Waals surface area contributed by atoms with E-state index in [-0.39, 0.29) is 35.2 Å². The number of amides is 2. The van der Waals surface area contributed by atoms with Crippen LogP contribution in [0.2, 0.25) is 0 Å². The minimum Gasteiger partial charge on any atom is -0.497 e. The lowest BCUT2D eigenvalue weighted by molar-refractivity contribution is -0.123. The maximum atomic E-state index is 14.5.